The summed E-state index contributed by atoms with van der Waals surface area (Å²) in [4.78, 5) is 0. The minimum absolute atomic E-state index is 0.109. The van der Waals surface area contributed by atoms with Crippen molar-refractivity contribution in [2.24, 2.45) is 0 Å². The van der Waals surface area contributed by atoms with Gasteiger partial charge in [0.25, 0.3) is 0 Å². The third-order valence-electron chi connectivity index (χ3n) is 1.15. The van der Waals surface area contributed by atoms with Gasteiger partial charge in [0.15, 0.2) is 10.4 Å². The molecule has 0 atom stereocenters. The molecule has 0 bridgehead atoms. The molecule has 0 aliphatic heterocycles. The van der Waals surface area contributed by atoms with Gasteiger partial charge in [0.1, 0.15) is 0 Å². The number of pyridine rings is 1. The van der Waals surface area contributed by atoms with Crippen LogP contribution in [0.4, 0.5) is 0 Å². The molecular weight excluding hydrogens is 146 g/mol. The Morgan fingerprint density at radius 2 is 2.40 bits per heavy atom. The van der Waals surface area contributed by atoms with Crippen molar-refractivity contribution >= 4 is 18.4 Å². The van der Waals surface area contributed by atoms with E-state index in [1.54, 1.807) is 29.1 Å². The number of hydrogen-bond acceptors (Lipinski definition) is 2. The van der Waals surface area contributed by atoms with Gasteiger partial charge in [0.05, 0.1) is 0 Å². The monoisotopic (exact) mass is 153 g/mol. The Labute approximate surface area is 64.1 Å². The van der Waals surface area contributed by atoms with Crippen LogP contribution in [-0.2, 0) is 0 Å². The van der Waals surface area contributed by atoms with E-state index in [-0.39, 0.29) is 5.75 Å². The maximum absolute atomic E-state index is 9.06. The number of nitrogens with zero attached hydrogens (tertiary/aromatic N) is 1. The number of hydrogen-bond donors (Lipinski definition) is 1. The predicted molar refractivity (Wildman–Crippen MR) is 43.3 cm³/mol. The molecule has 1 aromatic rings. The summed E-state index contributed by atoms with van der Waals surface area (Å²) in [5.74, 6) is 0.109. The Bertz CT molecular complexity index is 303. The van der Waals surface area contributed by atoms with Crippen molar-refractivity contribution in [1.29, 1.82) is 0 Å². The summed E-state index contributed by atoms with van der Waals surface area (Å²) in [5.41, 5.74) is 0. The molecule has 0 saturated carbocycles. The second kappa shape index (κ2) is 2.66. The summed E-state index contributed by atoms with van der Waals surface area (Å²) in [7, 11) is 0. The molecule has 0 radical (unpaired) electrons. The van der Waals surface area contributed by atoms with Crippen LogP contribution in [0.25, 0.3) is 6.20 Å². The molecular formula is C7H7NOS. The Balaban J connectivity index is 3.42. The number of aromatic nitrogens is 1. The molecule has 0 amide bonds. The first-order valence-electron chi connectivity index (χ1n) is 2.78. The van der Waals surface area contributed by atoms with Gasteiger partial charge in [-0.3, -0.25) is 0 Å². The molecule has 0 unspecified atom stereocenters. The second-order valence-electron chi connectivity index (χ2n) is 1.79. The molecule has 3 heteroatoms. The highest BCUT2D eigenvalue weighted by molar-refractivity contribution is 7.71. The Kier molecular flexibility index (Phi) is 1.87. The van der Waals surface area contributed by atoms with Crippen LogP contribution in [0.5, 0.6) is 5.75 Å². The van der Waals surface area contributed by atoms with Gasteiger partial charge in [0, 0.05) is 12.4 Å². The third kappa shape index (κ3) is 1.09. The fourth-order valence-corrected chi connectivity index (χ4v) is 0.845. The first-order chi connectivity index (χ1) is 4.75. The molecule has 0 aliphatic rings. The molecule has 0 aromatic carbocycles. The van der Waals surface area contributed by atoms with E-state index in [0.29, 0.717) is 4.64 Å². The molecule has 1 aromatic heterocycles. The zero-order valence-corrected chi connectivity index (χ0v) is 6.14. The zero-order chi connectivity index (χ0) is 7.56. The Morgan fingerprint density at radius 1 is 1.70 bits per heavy atom. The van der Waals surface area contributed by atoms with Gasteiger partial charge in [-0.2, -0.15) is 0 Å². The maximum atomic E-state index is 9.06. The summed E-state index contributed by atoms with van der Waals surface area (Å²) in [5, 5.41) is 9.06. The van der Waals surface area contributed by atoms with Crippen molar-refractivity contribution in [2.45, 2.75) is 0 Å². The van der Waals surface area contributed by atoms with Crippen molar-refractivity contribution in [3.8, 4) is 5.75 Å². The summed E-state index contributed by atoms with van der Waals surface area (Å²) in [6, 6.07) is 3.25. The lowest BCUT2D eigenvalue weighted by molar-refractivity contribution is 0.468. The van der Waals surface area contributed by atoms with Crippen molar-refractivity contribution in [1.82, 2.24) is 4.57 Å². The van der Waals surface area contributed by atoms with Crippen molar-refractivity contribution < 1.29 is 5.11 Å². The largest absolute Gasteiger partial charge is 0.505 e. The highest BCUT2D eigenvalue weighted by Gasteiger charge is 1.90. The number of rotatable bonds is 1. The molecule has 0 aliphatic carbocycles. The van der Waals surface area contributed by atoms with Crippen molar-refractivity contribution in [3.05, 3.63) is 29.5 Å². The fraction of sp³-hybridized carbons (Fsp3) is 0. The van der Waals surface area contributed by atoms with Crippen LogP contribution < -0.4 is 0 Å². The average Bonchev–Trinajstić information content (AvgIpc) is 1.95. The van der Waals surface area contributed by atoms with Crippen LogP contribution >= 0.6 is 12.2 Å². The maximum Gasteiger partial charge on any atom is 0.152 e. The van der Waals surface area contributed by atoms with E-state index < -0.39 is 0 Å². The van der Waals surface area contributed by atoms with Gasteiger partial charge in [-0.25, -0.2) is 0 Å². The fourth-order valence-electron chi connectivity index (χ4n) is 0.642. The van der Waals surface area contributed by atoms with Crippen molar-refractivity contribution in [3.63, 3.8) is 0 Å². The van der Waals surface area contributed by atoms with Gasteiger partial charge >= 0.3 is 0 Å². The lowest BCUT2D eigenvalue weighted by Gasteiger charge is -1.98. The van der Waals surface area contributed by atoms with Crippen LogP contribution in [0.1, 0.15) is 0 Å². The molecule has 52 valence electrons. The SMILES string of the molecule is C=Cn1cccc(O)c1=S. The second-order valence-corrected chi connectivity index (χ2v) is 2.18. The normalized spacial score (nSPS) is 9.20. The predicted octanol–water partition coefficient (Wildman–Crippen LogP) is 2.02. The van der Waals surface area contributed by atoms with Gasteiger partial charge in [-0.15, -0.1) is 0 Å². The summed E-state index contributed by atoms with van der Waals surface area (Å²) < 4.78 is 1.96. The topological polar surface area (TPSA) is 25.2 Å². The Morgan fingerprint density at radius 3 is 2.90 bits per heavy atom. The van der Waals surface area contributed by atoms with Crippen LogP contribution in [0, 0.1) is 4.64 Å². The Hall–Kier alpha value is -1.09. The molecule has 1 rings (SSSR count). The molecule has 1 N–H and O–H groups in total. The van der Waals surface area contributed by atoms with Crippen LogP contribution in [-0.4, -0.2) is 9.67 Å². The molecule has 0 fully saturated rings. The van der Waals surface area contributed by atoms with Crippen LogP contribution in [0.2, 0.25) is 0 Å². The first kappa shape index (κ1) is 7.02. The molecule has 0 spiro atoms. The van der Waals surface area contributed by atoms with E-state index in [2.05, 4.69) is 6.58 Å². The minimum Gasteiger partial charge on any atom is -0.505 e. The number of aromatic hydroxyl groups is 1. The van der Waals surface area contributed by atoms with Gasteiger partial charge < -0.3 is 9.67 Å². The summed E-state index contributed by atoms with van der Waals surface area (Å²) in [6.07, 6.45) is 3.27. The van der Waals surface area contributed by atoms with Gasteiger partial charge in [-0.1, -0.05) is 18.8 Å². The van der Waals surface area contributed by atoms with Crippen molar-refractivity contribution in [2.75, 3.05) is 0 Å². The third-order valence-corrected chi connectivity index (χ3v) is 1.57. The summed E-state index contributed by atoms with van der Waals surface area (Å²) >= 11 is 4.83. The first-order valence-corrected chi connectivity index (χ1v) is 3.19. The van der Waals surface area contributed by atoms with E-state index in [4.69, 9.17) is 17.3 Å². The smallest absolute Gasteiger partial charge is 0.152 e. The van der Waals surface area contributed by atoms with Crippen LogP contribution in [0.3, 0.4) is 0 Å². The highest BCUT2D eigenvalue weighted by atomic mass is 32.1. The lowest BCUT2D eigenvalue weighted by Crippen LogP contribution is -1.86. The molecule has 1 heterocycles. The van der Waals surface area contributed by atoms with E-state index >= 15 is 0 Å². The molecule has 0 saturated heterocycles. The molecule has 10 heavy (non-hydrogen) atoms. The summed E-state index contributed by atoms with van der Waals surface area (Å²) in [6.45, 7) is 3.52. The standard InChI is InChI=1S/C7H7NOS/c1-2-8-5-3-4-6(9)7(8)10/h2-5,9H,1H2. The average molecular weight is 153 g/mol. The zero-order valence-electron chi connectivity index (χ0n) is 5.32. The van der Waals surface area contributed by atoms with E-state index in [9.17, 15) is 0 Å². The quantitative estimate of drug-likeness (QED) is 0.624. The van der Waals surface area contributed by atoms with E-state index in [0.717, 1.165) is 0 Å². The highest BCUT2D eigenvalue weighted by Crippen LogP contribution is 2.09. The lowest BCUT2D eigenvalue weighted by atomic mass is 10.4. The van der Waals surface area contributed by atoms with Crippen LogP contribution in [0.15, 0.2) is 24.9 Å². The van der Waals surface area contributed by atoms with Gasteiger partial charge in [0.2, 0.25) is 0 Å². The minimum atomic E-state index is 0.109. The molecule has 2 nitrogen and oxygen atoms in total. The van der Waals surface area contributed by atoms with E-state index in [1.165, 1.54) is 0 Å². The van der Waals surface area contributed by atoms with Gasteiger partial charge in [-0.05, 0) is 12.1 Å². The van der Waals surface area contributed by atoms with E-state index in [1.807, 2.05) is 0 Å².